The minimum absolute atomic E-state index is 0.489. The fraction of sp³-hybridized carbons (Fsp3) is 0.267. The maximum absolute atomic E-state index is 2.64. The van der Waals surface area contributed by atoms with Gasteiger partial charge in [0.05, 0.1) is 0 Å². The van der Waals surface area contributed by atoms with Crippen LogP contribution in [0.1, 0.15) is 53.9 Å². The molecule has 0 amide bonds. The van der Waals surface area contributed by atoms with E-state index in [1.807, 2.05) is 0 Å². The topological polar surface area (TPSA) is 0 Å². The molecule has 1 fully saturated rings. The number of fused-ring (bicyclic) bond motifs is 5. The van der Waals surface area contributed by atoms with E-state index in [0.29, 0.717) is 17.8 Å². The largest absolute Gasteiger partial charge is 0.0723 e. The Morgan fingerprint density at radius 3 is 2.07 bits per heavy atom. The van der Waals surface area contributed by atoms with Crippen molar-refractivity contribution in [2.24, 2.45) is 17.8 Å². The lowest BCUT2D eigenvalue weighted by Crippen LogP contribution is -2.35. The predicted octanol–water partition coefficient (Wildman–Crippen LogP) is 7.74. The van der Waals surface area contributed by atoms with E-state index in [0.717, 1.165) is 5.92 Å². The van der Waals surface area contributed by atoms with Gasteiger partial charge >= 0.3 is 0 Å². The summed E-state index contributed by atoms with van der Waals surface area (Å²) in [5, 5.41) is 0. The third kappa shape index (κ3) is 2.89. The van der Waals surface area contributed by atoms with E-state index in [2.05, 4.69) is 97.1 Å². The van der Waals surface area contributed by atoms with E-state index in [-0.39, 0.29) is 0 Å². The van der Waals surface area contributed by atoms with Crippen LogP contribution in [0.15, 0.2) is 97.1 Å². The summed E-state index contributed by atoms with van der Waals surface area (Å²) in [5.74, 6) is 2.54. The van der Waals surface area contributed by atoms with E-state index in [4.69, 9.17) is 0 Å². The first kappa shape index (κ1) is 18.0. The molecule has 0 heteroatoms. The first-order valence-corrected chi connectivity index (χ1v) is 11.5. The maximum Gasteiger partial charge on any atom is 0.00962 e. The maximum atomic E-state index is 2.64. The van der Waals surface area contributed by atoms with Crippen LogP contribution < -0.4 is 0 Å². The number of hydrogen-bond acceptors (Lipinski definition) is 0. The lowest BCUT2D eigenvalue weighted by molar-refractivity contribution is 0.207. The molecule has 0 spiro atoms. The molecule has 148 valence electrons. The highest BCUT2D eigenvalue weighted by molar-refractivity contribution is 5.85. The van der Waals surface area contributed by atoms with Crippen LogP contribution in [-0.2, 0) is 0 Å². The van der Waals surface area contributed by atoms with Gasteiger partial charge in [-0.25, -0.2) is 0 Å². The summed E-state index contributed by atoms with van der Waals surface area (Å²) >= 11 is 0. The second-order valence-electron chi connectivity index (χ2n) is 9.18. The summed E-state index contributed by atoms with van der Waals surface area (Å²) in [7, 11) is 0. The Bertz CT molecular complexity index is 1100. The van der Waals surface area contributed by atoms with Crippen molar-refractivity contribution in [2.45, 2.75) is 31.6 Å². The molecule has 0 saturated heterocycles. The van der Waals surface area contributed by atoms with Crippen molar-refractivity contribution in [1.82, 2.24) is 0 Å². The van der Waals surface area contributed by atoms with Gasteiger partial charge in [-0.05, 0) is 64.0 Å². The fourth-order valence-corrected chi connectivity index (χ4v) is 6.35. The van der Waals surface area contributed by atoms with Crippen molar-refractivity contribution in [3.8, 4) is 0 Å². The average molecular weight is 389 g/mol. The number of rotatable bonds is 2. The molecule has 30 heavy (non-hydrogen) atoms. The standard InChI is InChI=1S/C30H28/c1-3-11-21(12-4-1)27-19-29-26-18-10-8-16-24(26)28(22-13-5-2-6-14-22)20-30(29)25-17-9-7-15-23(25)27/h1-7,9,11-15,17,19-20,24,26,29-30H,8,10,16,18H2/t24-,26+,29+,30+/m0/s1. The van der Waals surface area contributed by atoms with Crippen molar-refractivity contribution < 1.29 is 0 Å². The summed E-state index contributed by atoms with van der Waals surface area (Å²) in [6, 6.07) is 31.3. The summed E-state index contributed by atoms with van der Waals surface area (Å²) in [6.45, 7) is 0. The molecule has 3 aliphatic rings. The molecule has 4 atom stereocenters. The molecule has 3 aliphatic carbocycles. The Morgan fingerprint density at radius 2 is 1.27 bits per heavy atom. The van der Waals surface area contributed by atoms with Gasteiger partial charge in [-0.1, -0.05) is 110 Å². The quantitative estimate of drug-likeness (QED) is 0.421. The van der Waals surface area contributed by atoms with E-state index in [1.54, 1.807) is 5.57 Å². The highest BCUT2D eigenvalue weighted by Gasteiger charge is 2.43. The highest BCUT2D eigenvalue weighted by atomic mass is 14.5. The third-order valence-electron chi connectivity index (χ3n) is 7.65. The van der Waals surface area contributed by atoms with Crippen LogP contribution >= 0.6 is 0 Å². The minimum Gasteiger partial charge on any atom is -0.0723 e. The van der Waals surface area contributed by atoms with Crippen LogP contribution in [0, 0.1) is 17.8 Å². The van der Waals surface area contributed by atoms with Gasteiger partial charge in [-0.3, -0.25) is 0 Å². The van der Waals surface area contributed by atoms with E-state index < -0.39 is 0 Å². The number of hydrogen-bond donors (Lipinski definition) is 0. The van der Waals surface area contributed by atoms with Crippen LogP contribution in [-0.4, -0.2) is 0 Å². The Balaban J connectivity index is 1.55. The molecular formula is C30H28. The van der Waals surface area contributed by atoms with Crippen molar-refractivity contribution in [3.63, 3.8) is 0 Å². The van der Waals surface area contributed by atoms with Crippen LogP contribution in [0.25, 0.3) is 11.1 Å². The Kier molecular flexibility index (Phi) is 4.45. The molecule has 0 nitrogen and oxygen atoms in total. The monoisotopic (exact) mass is 388 g/mol. The molecule has 0 heterocycles. The van der Waals surface area contributed by atoms with Crippen molar-refractivity contribution in [1.29, 1.82) is 0 Å². The van der Waals surface area contributed by atoms with Gasteiger partial charge in [0.2, 0.25) is 0 Å². The molecule has 3 aromatic carbocycles. The van der Waals surface area contributed by atoms with Gasteiger partial charge in [0.15, 0.2) is 0 Å². The molecule has 1 saturated carbocycles. The Hall–Kier alpha value is -2.86. The lowest BCUT2D eigenvalue weighted by Gasteiger charge is -2.47. The molecule has 0 N–H and O–H groups in total. The lowest BCUT2D eigenvalue weighted by atomic mass is 9.57. The summed E-state index contributed by atoms with van der Waals surface area (Å²) in [6.07, 6.45) is 10.7. The van der Waals surface area contributed by atoms with Crippen LogP contribution in [0.5, 0.6) is 0 Å². The molecule has 0 aromatic heterocycles. The van der Waals surface area contributed by atoms with Crippen molar-refractivity contribution in [2.75, 3.05) is 0 Å². The first-order chi connectivity index (χ1) is 14.9. The van der Waals surface area contributed by atoms with Gasteiger partial charge in [-0.15, -0.1) is 0 Å². The molecular weight excluding hydrogens is 360 g/mol. The smallest absolute Gasteiger partial charge is 0.00962 e. The average Bonchev–Trinajstić information content (AvgIpc) is 2.84. The van der Waals surface area contributed by atoms with Crippen LogP contribution in [0.3, 0.4) is 0 Å². The molecule has 0 bridgehead atoms. The number of benzene rings is 3. The summed E-state index contributed by atoms with van der Waals surface area (Å²) in [5.41, 5.74) is 8.77. The molecule has 0 aliphatic heterocycles. The molecule has 0 radical (unpaired) electrons. The predicted molar refractivity (Wildman–Crippen MR) is 126 cm³/mol. The Labute approximate surface area is 180 Å². The SMILES string of the molecule is C1=C(c2ccccc2)c2ccccc2[C@H]2C=C(c3ccccc3)[C@H]3CCCC[C@H]3[C@@H]12. The second-order valence-corrected chi connectivity index (χ2v) is 9.18. The minimum atomic E-state index is 0.489. The summed E-state index contributed by atoms with van der Waals surface area (Å²) < 4.78 is 0. The molecule has 0 unspecified atom stereocenters. The molecule has 6 rings (SSSR count). The zero-order valence-corrected chi connectivity index (χ0v) is 17.4. The van der Waals surface area contributed by atoms with Crippen molar-refractivity contribution in [3.05, 3.63) is 119 Å². The van der Waals surface area contributed by atoms with E-state index >= 15 is 0 Å². The zero-order chi connectivity index (χ0) is 19.9. The van der Waals surface area contributed by atoms with Gasteiger partial charge in [0, 0.05) is 5.92 Å². The van der Waals surface area contributed by atoms with Gasteiger partial charge < -0.3 is 0 Å². The highest BCUT2D eigenvalue weighted by Crippen LogP contribution is 2.56. The summed E-state index contributed by atoms with van der Waals surface area (Å²) in [4.78, 5) is 0. The first-order valence-electron chi connectivity index (χ1n) is 11.5. The second kappa shape index (κ2) is 7.43. The van der Waals surface area contributed by atoms with Crippen molar-refractivity contribution >= 4 is 11.1 Å². The third-order valence-corrected chi connectivity index (χ3v) is 7.65. The normalized spacial score (nSPS) is 27.2. The molecule has 3 aromatic rings. The number of allylic oxidation sites excluding steroid dienone is 3. The Morgan fingerprint density at radius 1 is 0.600 bits per heavy atom. The fourth-order valence-electron chi connectivity index (χ4n) is 6.35. The van der Waals surface area contributed by atoms with E-state index in [9.17, 15) is 0 Å². The van der Waals surface area contributed by atoms with Gasteiger partial charge in [-0.2, -0.15) is 0 Å². The van der Waals surface area contributed by atoms with Crippen LogP contribution in [0.4, 0.5) is 0 Å². The zero-order valence-electron chi connectivity index (χ0n) is 17.4. The van der Waals surface area contributed by atoms with Gasteiger partial charge in [0.25, 0.3) is 0 Å². The van der Waals surface area contributed by atoms with Crippen LogP contribution in [0.2, 0.25) is 0 Å². The van der Waals surface area contributed by atoms with Gasteiger partial charge in [0.1, 0.15) is 0 Å². The van der Waals surface area contributed by atoms with E-state index in [1.165, 1.54) is 53.5 Å².